The number of aromatic nitrogens is 2. The summed E-state index contributed by atoms with van der Waals surface area (Å²) in [5.74, 6) is 2.66. The Labute approximate surface area is 109 Å². The van der Waals surface area contributed by atoms with Gasteiger partial charge in [-0.2, -0.15) is 0 Å². The molecule has 1 unspecified atom stereocenters. The fourth-order valence-electron chi connectivity index (χ4n) is 1.56. The predicted octanol–water partition coefficient (Wildman–Crippen LogP) is 2.23. The van der Waals surface area contributed by atoms with Crippen LogP contribution in [0.4, 0.5) is 11.6 Å². The van der Waals surface area contributed by atoms with E-state index < -0.39 is 0 Å². The summed E-state index contributed by atoms with van der Waals surface area (Å²) >= 11 is 0. The van der Waals surface area contributed by atoms with Gasteiger partial charge in [-0.3, -0.25) is 0 Å². The van der Waals surface area contributed by atoms with Crippen LogP contribution >= 0.6 is 0 Å². The van der Waals surface area contributed by atoms with Crippen LogP contribution in [0, 0.1) is 6.92 Å². The highest BCUT2D eigenvalue weighted by Crippen LogP contribution is 2.20. The van der Waals surface area contributed by atoms with E-state index in [0.717, 1.165) is 42.5 Å². The van der Waals surface area contributed by atoms with Gasteiger partial charge in [0.1, 0.15) is 17.5 Å². The molecule has 1 heterocycles. The van der Waals surface area contributed by atoms with Gasteiger partial charge in [0.05, 0.1) is 6.10 Å². The Bertz CT molecular complexity index is 381. The van der Waals surface area contributed by atoms with Crippen molar-refractivity contribution in [2.24, 2.45) is 0 Å². The van der Waals surface area contributed by atoms with E-state index in [-0.39, 0.29) is 6.10 Å². The van der Waals surface area contributed by atoms with Crippen LogP contribution < -0.4 is 10.6 Å². The summed E-state index contributed by atoms with van der Waals surface area (Å²) < 4.78 is 5.22. The minimum Gasteiger partial charge on any atom is -0.380 e. The Kier molecular flexibility index (Phi) is 5.85. The molecule has 0 bridgehead atoms. The minimum absolute atomic E-state index is 0.159. The van der Waals surface area contributed by atoms with Crippen LogP contribution in [0.1, 0.15) is 32.2 Å². The van der Waals surface area contributed by atoms with Crippen molar-refractivity contribution >= 4 is 11.6 Å². The van der Waals surface area contributed by atoms with E-state index in [1.165, 1.54) is 0 Å². The van der Waals surface area contributed by atoms with E-state index in [9.17, 15) is 0 Å². The molecule has 1 aromatic heterocycles. The van der Waals surface area contributed by atoms with Crippen molar-refractivity contribution in [3.05, 3.63) is 11.4 Å². The highest BCUT2D eigenvalue weighted by atomic mass is 16.5. The zero-order valence-electron chi connectivity index (χ0n) is 12.0. The predicted molar refractivity (Wildman–Crippen MR) is 75.3 cm³/mol. The van der Waals surface area contributed by atoms with Crippen molar-refractivity contribution in [2.45, 2.75) is 40.2 Å². The molecule has 0 aliphatic carbocycles. The van der Waals surface area contributed by atoms with Crippen LogP contribution in [0.2, 0.25) is 0 Å². The van der Waals surface area contributed by atoms with Crippen LogP contribution in [0.25, 0.3) is 0 Å². The van der Waals surface area contributed by atoms with Gasteiger partial charge < -0.3 is 15.4 Å². The second kappa shape index (κ2) is 7.16. The van der Waals surface area contributed by atoms with Crippen LogP contribution in [0.3, 0.4) is 0 Å². The molecule has 0 aromatic carbocycles. The first-order valence-corrected chi connectivity index (χ1v) is 6.50. The van der Waals surface area contributed by atoms with E-state index in [1.54, 1.807) is 7.11 Å². The Balaban J connectivity index is 2.90. The Morgan fingerprint density at radius 2 is 1.78 bits per heavy atom. The quantitative estimate of drug-likeness (QED) is 0.779. The van der Waals surface area contributed by atoms with Crippen molar-refractivity contribution in [1.82, 2.24) is 9.97 Å². The maximum Gasteiger partial charge on any atom is 0.134 e. The fourth-order valence-corrected chi connectivity index (χ4v) is 1.56. The molecular weight excluding hydrogens is 228 g/mol. The lowest BCUT2D eigenvalue weighted by atomic mass is 10.2. The molecule has 2 N–H and O–H groups in total. The third-order valence-electron chi connectivity index (χ3n) is 2.81. The van der Waals surface area contributed by atoms with Crippen molar-refractivity contribution in [1.29, 1.82) is 0 Å². The zero-order valence-corrected chi connectivity index (χ0v) is 12.0. The van der Waals surface area contributed by atoms with Gasteiger partial charge in [0, 0.05) is 32.2 Å². The number of anilines is 2. The van der Waals surface area contributed by atoms with E-state index in [2.05, 4.69) is 34.4 Å². The first kappa shape index (κ1) is 14.7. The average Bonchev–Trinajstić information content (AvgIpc) is 2.39. The average molecular weight is 252 g/mol. The second-order valence-corrected chi connectivity index (χ2v) is 4.27. The minimum atomic E-state index is 0.159. The molecule has 5 heteroatoms. The molecule has 5 nitrogen and oxygen atoms in total. The number of nitrogens with one attached hydrogen (secondary N) is 2. The summed E-state index contributed by atoms with van der Waals surface area (Å²) in [6.07, 6.45) is 0.986. The molecule has 1 rings (SSSR count). The third kappa shape index (κ3) is 3.84. The van der Waals surface area contributed by atoms with Crippen molar-refractivity contribution in [2.75, 3.05) is 30.8 Å². The molecular formula is C13H24N4O. The highest BCUT2D eigenvalue weighted by molar-refractivity contribution is 5.57. The molecule has 0 fully saturated rings. The molecule has 0 saturated heterocycles. The first-order chi connectivity index (χ1) is 8.62. The van der Waals surface area contributed by atoms with Gasteiger partial charge in [0.25, 0.3) is 0 Å². The van der Waals surface area contributed by atoms with Gasteiger partial charge in [0.2, 0.25) is 0 Å². The molecule has 0 spiro atoms. The standard InChI is InChI=1S/C13H24N4O/c1-6-11-16-12(14-7-2)10(4)13(17-11)15-8-9(3)18-5/h9H,6-8H2,1-5H3,(H2,14,15,16,17). The number of hydrogen-bond donors (Lipinski definition) is 2. The molecule has 0 aliphatic heterocycles. The highest BCUT2D eigenvalue weighted by Gasteiger charge is 2.10. The van der Waals surface area contributed by atoms with Crippen LogP contribution in [-0.2, 0) is 11.2 Å². The summed E-state index contributed by atoms with van der Waals surface area (Å²) in [5.41, 5.74) is 1.05. The molecule has 1 atom stereocenters. The lowest BCUT2D eigenvalue weighted by Gasteiger charge is -2.16. The number of ether oxygens (including phenoxy) is 1. The summed E-state index contributed by atoms with van der Waals surface area (Å²) in [4.78, 5) is 9.02. The van der Waals surface area contributed by atoms with Crippen LogP contribution in [0.5, 0.6) is 0 Å². The largest absolute Gasteiger partial charge is 0.380 e. The molecule has 18 heavy (non-hydrogen) atoms. The SMILES string of the molecule is CCNc1nc(CC)nc(NCC(C)OC)c1C. The topological polar surface area (TPSA) is 59.1 Å². The second-order valence-electron chi connectivity index (χ2n) is 4.27. The fraction of sp³-hybridized carbons (Fsp3) is 0.692. The van der Waals surface area contributed by atoms with Gasteiger partial charge in [-0.05, 0) is 20.8 Å². The Morgan fingerprint density at radius 3 is 2.28 bits per heavy atom. The van der Waals surface area contributed by atoms with E-state index in [4.69, 9.17) is 4.74 Å². The van der Waals surface area contributed by atoms with E-state index in [0.29, 0.717) is 0 Å². The van der Waals surface area contributed by atoms with Crippen molar-refractivity contribution in [3.63, 3.8) is 0 Å². The summed E-state index contributed by atoms with van der Waals surface area (Å²) in [7, 11) is 1.71. The monoisotopic (exact) mass is 252 g/mol. The molecule has 0 saturated carbocycles. The van der Waals surface area contributed by atoms with Gasteiger partial charge in [-0.1, -0.05) is 6.92 Å². The van der Waals surface area contributed by atoms with Gasteiger partial charge >= 0.3 is 0 Å². The van der Waals surface area contributed by atoms with Crippen LogP contribution in [0.15, 0.2) is 0 Å². The molecule has 0 aliphatic rings. The molecule has 0 amide bonds. The first-order valence-electron chi connectivity index (χ1n) is 6.50. The van der Waals surface area contributed by atoms with Crippen molar-refractivity contribution in [3.8, 4) is 0 Å². The summed E-state index contributed by atoms with van der Waals surface area (Å²) in [6.45, 7) is 9.76. The normalized spacial score (nSPS) is 12.3. The number of hydrogen-bond acceptors (Lipinski definition) is 5. The lowest BCUT2D eigenvalue weighted by molar-refractivity contribution is 0.128. The lowest BCUT2D eigenvalue weighted by Crippen LogP contribution is -2.20. The number of rotatable bonds is 7. The van der Waals surface area contributed by atoms with Gasteiger partial charge in [-0.25, -0.2) is 9.97 Å². The van der Waals surface area contributed by atoms with E-state index in [1.807, 2.05) is 13.8 Å². The Hall–Kier alpha value is -1.36. The molecule has 102 valence electrons. The number of methoxy groups -OCH3 is 1. The maximum absolute atomic E-state index is 5.22. The van der Waals surface area contributed by atoms with Gasteiger partial charge in [-0.15, -0.1) is 0 Å². The molecule has 0 radical (unpaired) electrons. The summed E-state index contributed by atoms with van der Waals surface area (Å²) in [5, 5.41) is 6.59. The smallest absolute Gasteiger partial charge is 0.134 e. The van der Waals surface area contributed by atoms with Gasteiger partial charge in [0.15, 0.2) is 0 Å². The maximum atomic E-state index is 5.22. The van der Waals surface area contributed by atoms with Crippen molar-refractivity contribution < 1.29 is 4.74 Å². The Morgan fingerprint density at radius 1 is 1.17 bits per heavy atom. The zero-order chi connectivity index (χ0) is 13.5. The van der Waals surface area contributed by atoms with E-state index >= 15 is 0 Å². The third-order valence-corrected chi connectivity index (χ3v) is 2.81. The number of aryl methyl sites for hydroxylation is 1. The van der Waals surface area contributed by atoms with Crippen LogP contribution in [-0.4, -0.2) is 36.3 Å². The molecule has 1 aromatic rings. The number of nitrogens with zero attached hydrogens (tertiary/aromatic N) is 2. The summed E-state index contributed by atoms with van der Waals surface area (Å²) in [6, 6.07) is 0.